The van der Waals surface area contributed by atoms with E-state index in [2.05, 4.69) is 46.4 Å². The number of hydrogen-bond acceptors (Lipinski definition) is 4. The SMILES string of the molecule is CCN(CC)c1ccc(-n2nc3cc(C)c(NC(=O)c4ccc(C)cc4Cl)cc3n2)cc1. The molecular weight excluding hydrogens is 422 g/mol. The van der Waals surface area contributed by atoms with Gasteiger partial charge in [-0.05, 0) is 87.4 Å². The number of aryl methyl sites for hydroxylation is 2. The molecule has 0 saturated carbocycles. The van der Waals surface area contributed by atoms with Gasteiger partial charge in [0, 0.05) is 24.5 Å². The molecule has 0 aliphatic carbocycles. The zero-order chi connectivity index (χ0) is 22.8. The second-order valence-electron chi connectivity index (χ2n) is 7.77. The number of rotatable bonds is 6. The molecule has 7 heteroatoms. The molecule has 0 aliphatic rings. The van der Waals surface area contributed by atoms with Crippen LogP contribution < -0.4 is 10.2 Å². The molecule has 4 rings (SSSR count). The highest BCUT2D eigenvalue weighted by Crippen LogP contribution is 2.25. The Morgan fingerprint density at radius 1 is 0.969 bits per heavy atom. The van der Waals surface area contributed by atoms with Gasteiger partial charge < -0.3 is 10.2 Å². The molecular formula is C25H26ClN5O. The minimum absolute atomic E-state index is 0.253. The van der Waals surface area contributed by atoms with Gasteiger partial charge in [-0.3, -0.25) is 4.79 Å². The van der Waals surface area contributed by atoms with Crippen molar-refractivity contribution in [3.63, 3.8) is 0 Å². The van der Waals surface area contributed by atoms with E-state index < -0.39 is 0 Å². The molecule has 0 saturated heterocycles. The molecule has 1 N–H and O–H groups in total. The zero-order valence-electron chi connectivity index (χ0n) is 18.7. The number of anilines is 2. The van der Waals surface area contributed by atoms with E-state index in [1.54, 1.807) is 16.9 Å². The van der Waals surface area contributed by atoms with Gasteiger partial charge in [0.2, 0.25) is 0 Å². The fourth-order valence-corrected chi connectivity index (χ4v) is 4.02. The molecule has 4 aromatic rings. The highest BCUT2D eigenvalue weighted by molar-refractivity contribution is 6.34. The summed E-state index contributed by atoms with van der Waals surface area (Å²) in [6, 6.07) is 17.4. The van der Waals surface area contributed by atoms with Crippen LogP contribution in [-0.4, -0.2) is 34.0 Å². The predicted octanol–water partition coefficient (Wildman–Crippen LogP) is 5.79. The summed E-state index contributed by atoms with van der Waals surface area (Å²) in [7, 11) is 0. The van der Waals surface area contributed by atoms with Crippen LogP contribution in [0.2, 0.25) is 5.02 Å². The van der Waals surface area contributed by atoms with Crippen LogP contribution in [0.4, 0.5) is 11.4 Å². The number of nitrogens with one attached hydrogen (secondary N) is 1. The molecule has 0 spiro atoms. The number of fused-ring (bicyclic) bond motifs is 1. The predicted molar refractivity (Wildman–Crippen MR) is 131 cm³/mol. The Morgan fingerprint density at radius 3 is 2.25 bits per heavy atom. The van der Waals surface area contributed by atoms with Crippen LogP contribution in [0.5, 0.6) is 0 Å². The summed E-state index contributed by atoms with van der Waals surface area (Å²) >= 11 is 6.26. The minimum atomic E-state index is -0.253. The van der Waals surface area contributed by atoms with E-state index >= 15 is 0 Å². The van der Waals surface area contributed by atoms with Gasteiger partial charge in [-0.25, -0.2) is 0 Å². The van der Waals surface area contributed by atoms with Crippen molar-refractivity contribution in [2.24, 2.45) is 0 Å². The summed E-state index contributed by atoms with van der Waals surface area (Å²) < 4.78 is 0. The Bertz CT molecular complexity index is 1280. The summed E-state index contributed by atoms with van der Waals surface area (Å²) in [4.78, 5) is 16.7. The summed E-state index contributed by atoms with van der Waals surface area (Å²) in [6.07, 6.45) is 0. The van der Waals surface area contributed by atoms with Crippen molar-refractivity contribution in [3.8, 4) is 5.69 Å². The van der Waals surface area contributed by atoms with Crippen LogP contribution in [0, 0.1) is 13.8 Å². The van der Waals surface area contributed by atoms with Gasteiger partial charge in [0.1, 0.15) is 11.0 Å². The van der Waals surface area contributed by atoms with E-state index in [1.807, 2.05) is 44.2 Å². The largest absolute Gasteiger partial charge is 0.372 e. The number of carbonyl (C=O) groups is 1. The second kappa shape index (κ2) is 9.01. The van der Waals surface area contributed by atoms with Gasteiger partial charge in [-0.2, -0.15) is 4.80 Å². The third-order valence-electron chi connectivity index (χ3n) is 5.55. The summed E-state index contributed by atoms with van der Waals surface area (Å²) in [5.41, 5.74) is 6.55. The van der Waals surface area contributed by atoms with Gasteiger partial charge in [0.25, 0.3) is 5.91 Å². The van der Waals surface area contributed by atoms with Crippen LogP contribution in [0.1, 0.15) is 35.3 Å². The Morgan fingerprint density at radius 2 is 1.62 bits per heavy atom. The highest BCUT2D eigenvalue weighted by atomic mass is 35.5. The first kappa shape index (κ1) is 21.8. The molecule has 6 nitrogen and oxygen atoms in total. The maximum absolute atomic E-state index is 12.8. The van der Waals surface area contributed by atoms with Crippen LogP contribution in [0.25, 0.3) is 16.7 Å². The Kier molecular flexibility index (Phi) is 6.15. The Labute approximate surface area is 192 Å². The lowest BCUT2D eigenvalue weighted by Crippen LogP contribution is -2.21. The van der Waals surface area contributed by atoms with E-state index in [0.717, 1.165) is 35.4 Å². The average molecular weight is 448 g/mol. The molecule has 1 aromatic heterocycles. The van der Waals surface area contributed by atoms with Crippen molar-refractivity contribution in [3.05, 3.63) is 76.3 Å². The molecule has 164 valence electrons. The van der Waals surface area contributed by atoms with Gasteiger partial charge in [0.05, 0.1) is 16.3 Å². The fraction of sp³-hybridized carbons (Fsp3) is 0.240. The van der Waals surface area contributed by atoms with Crippen molar-refractivity contribution in [2.75, 3.05) is 23.3 Å². The Balaban J connectivity index is 1.61. The van der Waals surface area contributed by atoms with Crippen LogP contribution >= 0.6 is 11.6 Å². The van der Waals surface area contributed by atoms with Crippen molar-refractivity contribution in [1.82, 2.24) is 15.0 Å². The fourth-order valence-electron chi connectivity index (χ4n) is 3.70. The molecule has 0 radical (unpaired) electrons. The smallest absolute Gasteiger partial charge is 0.257 e. The number of hydrogen-bond donors (Lipinski definition) is 1. The number of carbonyl (C=O) groups excluding carboxylic acids is 1. The molecule has 0 aliphatic heterocycles. The second-order valence-corrected chi connectivity index (χ2v) is 8.18. The normalized spacial score (nSPS) is 11.0. The van der Waals surface area contributed by atoms with Crippen molar-refractivity contribution in [2.45, 2.75) is 27.7 Å². The quantitative estimate of drug-likeness (QED) is 0.406. The molecule has 0 unspecified atom stereocenters. The van der Waals surface area contributed by atoms with Gasteiger partial charge in [-0.15, -0.1) is 10.2 Å². The van der Waals surface area contributed by atoms with E-state index in [9.17, 15) is 4.79 Å². The maximum Gasteiger partial charge on any atom is 0.257 e. The molecule has 32 heavy (non-hydrogen) atoms. The maximum atomic E-state index is 12.8. The van der Waals surface area contributed by atoms with Gasteiger partial charge in [0.15, 0.2) is 0 Å². The van der Waals surface area contributed by atoms with E-state index in [4.69, 9.17) is 11.6 Å². The van der Waals surface area contributed by atoms with Gasteiger partial charge >= 0.3 is 0 Å². The molecule has 0 fully saturated rings. The van der Waals surface area contributed by atoms with Crippen LogP contribution in [-0.2, 0) is 0 Å². The zero-order valence-corrected chi connectivity index (χ0v) is 19.4. The first-order valence-electron chi connectivity index (χ1n) is 10.7. The number of aromatic nitrogens is 3. The number of benzene rings is 3. The molecule has 0 atom stereocenters. The first-order chi connectivity index (χ1) is 15.4. The lowest BCUT2D eigenvalue weighted by Gasteiger charge is -2.20. The Hall–Kier alpha value is -3.38. The summed E-state index contributed by atoms with van der Waals surface area (Å²) in [6.45, 7) is 10.1. The highest BCUT2D eigenvalue weighted by Gasteiger charge is 2.14. The standard InChI is InChI=1S/C25H26ClN5O/c1-5-30(6-2)18-8-10-19(11-9-18)31-28-23-14-17(4)22(15-24(23)29-31)27-25(32)20-12-7-16(3)13-21(20)26/h7-15H,5-6H2,1-4H3,(H,27,32). The average Bonchev–Trinajstić information content (AvgIpc) is 3.18. The van der Waals surface area contributed by atoms with E-state index in [1.165, 1.54) is 5.69 Å². The third kappa shape index (κ3) is 4.32. The molecule has 3 aromatic carbocycles. The minimum Gasteiger partial charge on any atom is -0.372 e. The molecule has 1 heterocycles. The van der Waals surface area contributed by atoms with E-state index in [0.29, 0.717) is 21.8 Å². The van der Waals surface area contributed by atoms with Gasteiger partial charge in [-0.1, -0.05) is 17.7 Å². The first-order valence-corrected chi connectivity index (χ1v) is 11.1. The molecule has 1 amide bonds. The summed E-state index contributed by atoms with van der Waals surface area (Å²) in [5.74, 6) is -0.253. The molecule has 0 bridgehead atoms. The third-order valence-corrected chi connectivity index (χ3v) is 5.87. The number of halogens is 1. The summed E-state index contributed by atoms with van der Waals surface area (Å²) in [5, 5.41) is 12.6. The van der Waals surface area contributed by atoms with E-state index in [-0.39, 0.29) is 5.91 Å². The number of amides is 1. The van der Waals surface area contributed by atoms with Crippen molar-refractivity contribution >= 4 is 39.9 Å². The van der Waals surface area contributed by atoms with Crippen molar-refractivity contribution in [1.29, 1.82) is 0 Å². The van der Waals surface area contributed by atoms with Crippen LogP contribution in [0.15, 0.2) is 54.6 Å². The topological polar surface area (TPSA) is 63.1 Å². The van der Waals surface area contributed by atoms with Crippen molar-refractivity contribution < 1.29 is 4.79 Å². The lowest BCUT2D eigenvalue weighted by molar-refractivity contribution is 0.102. The van der Waals surface area contributed by atoms with Crippen LogP contribution in [0.3, 0.4) is 0 Å². The lowest BCUT2D eigenvalue weighted by atomic mass is 10.1. The monoisotopic (exact) mass is 447 g/mol. The number of nitrogens with zero attached hydrogens (tertiary/aromatic N) is 4.